The van der Waals surface area contributed by atoms with Gasteiger partial charge in [-0.1, -0.05) is 56.0 Å². The minimum atomic E-state index is -0.124. The van der Waals surface area contributed by atoms with E-state index in [0.717, 1.165) is 18.4 Å². The highest BCUT2D eigenvalue weighted by atomic mass is 32.1. The van der Waals surface area contributed by atoms with Gasteiger partial charge in [0.15, 0.2) is 17.3 Å². The molecule has 0 radical (unpaired) electrons. The standard InChI is InChI=1S/C24H29N3O3S/c1-4-5-6-7-14-25-23(28)19-12-13-20(29-3)21(16-19)30-24-26-22(27-31-24)15-18-10-8-17(2)9-11-18/h8-13,16H,4-7,14-15H2,1-3H3,(H,25,28). The molecule has 1 amide bonds. The highest BCUT2D eigenvalue weighted by molar-refractivity contribution is 7.07. The van der Waals surface area contributed by atoms with Crippen molar-refractivity contribution < 1.29 is 14.3 Å². The minimum Gasteiger partial charge on any atom is -0.493 e. The first kappa shape index (κ1) is 22.7. The molecule has 0 spiro atoms. The lowest BCUT2D eigenvalue weighted by molar-refractivity contribution is 0.0952. The molecule has 7 heteroatoms. The van der Waals surface area contributed by atoms with Gasteiger partial charge in [-0.15, -0.1) is 0 Å². The smallest absolute Gasteiger partial charge is 0.298 e. The van der Waals surface area contributed by atoms with Gasteiger partial charge in [0.2, 0.25) is 0 Å². The molecular weight excluding hydrogens is 410 g/mol. The van der Waals surface area contributed by atoms with E-state index in [-0.39, 0.29) is 5.91 Å². The van der Waals surface area contributed by atoms with Crippen LogP contribution in [0, 0.1) is 6.92 Å². The molecule has 0 aliphatic heterocycles. The zero-order valence-electron chi connectivity index (χ0n) is 18.3. The number of ether oxygens (including phenoxy) is 2. The molecule has 3 aromatic rings. The quantitative estimate of drug-likeness (QED) is 0.397. The van der Waals surface area contributed by atoms with Crippen molar-refractivity contribution in [3.63, 3.8) is 0 Å². The Kier molecular flexibility index (Phi) is 8.41. The van der Waals surface area contributed by atoms with E-state index in [4.69, 9.17) is 9.47 Å². The van der Waals surface area contributed by atoms with E-state index in [1.807, 2.05) is 0 Å². The second-order valence-electron chi connectivity index (χ2n) is 7.42. The number of hydrogen-bond donors (Lipinski definition) is 1. The minimum absolute atomic E-state index is 0.124. The maximum atomic E-state index is 12.5. The third-order valence-electron chi connectivity index (χ3n) is 4.87. The van der Waals surface area contributed by atoms with E-state index in [2.05, 4.69) is 52.8 Å². The molecule has 1 aromatic heterocycles. The van der Waals surface area contributed by atoms with Crippen molar-refractivity contribution in [2.24, 2.45) is 0 Å². The number of benzene rings is 2. The Labute approximate surface area is 187 Å². The first-order valence-electron chi connectivity index (χ1n) is 10.6. The fourth-order valence-electron chi connectivity index (χ4n) is 3.09. The summed E-state index contributed by atoms with van der Waals surface area (Å²) < 4.78 is 15.7. The van der Waals surface area contributed by atoms with E-state index >= 15 is 0 Å². The predicted octanol–water partition coefficient (Wildman–Crippen LogP) is 5.55. The number of nitrogens with zero attached hydrogens (tertiary/aromatic N) is 2. The highest BCUT2D eigenvalue weighted by Crippen LogP contribution is 2.33. The number of unbranched alkanes of at least 4 members (excludes halogenated alkanes) is 3. The van der Waals surface area contributed by atoms with Gasteiger partial charge in [0.25, 0.3) is 11.1 Å². The number of aromatic nitrogens is 2. The van der Waals surface area contributed by atoms with Crippen LogP contribution < -0.4 is 14.8 Å². The zero-order chi connectivity index (χ0) is 22.1. The van der Waals surface area contributed by atoms with Crippen LogP contribution in [0.3, 0.4) is 0 Å². The van der Waals surface area contributed by atoms with Crippen LogP contribution in [0.15, 0.2) is 42.5 Å². The molecule has 3 rings (SSSR count). The molecule has 164 valence electrons. The van der Waals surface area contributed by atoms with Crippen LogP contribution >= 0.6 is 11.5 Å². The first-order valence-corrected chi connectivity index (χ1v) is 11.4. The largest absolute Gasteiger partial charge is 0.493 e. The summed E-state index contributed by atoms with van der Waals surface area (Å²) in [6, 6.07) is 13.4. The van der Waals surface area contributed by atoms with Crippen molar-refractivity contribution in [2.75, 3.05) is 13.7 Å². The van der Waals surface area contributed by atoms with Gasteiger partial charge in [-0.2, -0.15) is 9.36 Å². The Morgan fingerprint density at radius 3 is 2.61 bits per heavy atom. The summed E-state index contributed by atoms with van der Waals surface area (Å²) in [5.41, 5.74) is 2.89. The summed E-state index contributed by atoms with van der Waals surface area (Å²) in [6.07, 6.45) is 5.09. The molecule has 6 nitrogen and oxygen atoms in total. The summed E-state index contributed by atoms with van der Waals surface area (Å²) in [5.74, 6) is 1.55. The lowest BCUT2D eigenvalue weighted by atomic mass is 10.1. The molecule has 0 atom stereocenters. The molecule has 31 heavy (non-hydrogen) atoms. The number of hydrogen-bond acceptors (Lipinski definition) is 6. The van der Waals surface area contributed by atoms with Gasteiger partial charge in [-0.25, -0.2) is 0 Å². The third kappa shape index (κ3) is 6.79. The fraction of sp³-hybridized carbons (Fsp3) is 0.375. The molecule has 2 aromatic carbocycles. The van der Waals surface area contributed by atoms with Crippen LogP contribution in [0.2, 0.25) is 0 Å². The number of methoxy groups -OCH3 is 1. The number of rotatable bonds is 11. The topological polar surface area (TPSA) is 73.3 Å². The van der Waals surface area contributed by atoms with E-state index in [0.29, 0.717) is 41.0 Å². The summed E-state index contributed by atoms with van der Waals surface area (Å²) in [5, 5.41) is 3.38. The summed E-state index contributed by atoms with van der Waals surface area (Å²) >= 11 is 1.18. The monoisotopic (exact) mass is 439 g/mol. The van der Waals surface area contributed by atoms with Crippen LogP contribution in [0.5, 0.6) is 16.7 Å². The normalized spacial score (nSPS) is 10.7. The van der Waals surface area contributed by atoms with Gasteiger partial charge in [0.05, 0.1) is 7.11 Å². The van der Waals surface area contributed by atoms with Gasteiger partial charge in [0, 0.05) is 30.1 Å². The SMILES string of the molecule is CCCCCCNC(=O)c1ccc(OC)c(Oc2nc(Cc3ccc(C)cc3)ns2)c1. The van der Waals surface area contributed by atoms with E-state index in [1.54, 1.807) is 25.3 Å². The van der Waals surface area contributed by atoms with Crippen molar-refractivity contribution in [2.45, 2.75) is 46.0 Å². The van der Waals surface area contributed by atoms with Gasteiger partial charge < -0.3 is 14.8 Å². The van der Waals surface area contributed by atoms with Crippen molar-refractivity contribution in [1.29, 1.82) is 0 Å². The maximum Gasteiger partial charge on any atom is 0.298 e. The van der Waals surface area contributed by atoms with Gasteiger partial charge >= 0.3 is 0 Å². The first-order chi connectivity index (χ1) is 15.1. The second kappa shape index (κ2) is 11.5. The van der Waals surface area contributed by atoms with Crippen molar-refractivity contribution >= 4 is 17.4 Å². The van der Waals surface area contributed by atoms with Crippen LogP contribution in [0.25, 0.3) is 0 Å². The fourth-order valence-corrected chi connectivity index (χ4v) is 3.65. The van der Waals surface area contributed by atoms with E-state index < -0.39 is 0 Å². The van der Waals surface area contributed by atoms with Gasteiger partial charge in [-0.3, -0.25) is 4.79 Å². The lowest BCUT2D eigenvalue weighted by Crippen LogP contribution is -2.24. The third-order valence-corrected chi connectivity index (χ3v) is 5.50. The van der Waals surface area contributed by atoms with Crippen LogP contribution in [0.1, 0.15) is 59.9 Å². The van der Waals surface area contributed by atoms with Crippen LogP contribution in [0.4, 0.5) is 0 Å². The Bertz CT molecular complexity index is 986. The van der Waals surface area contributed by atoms with E-state index in [1.165, 1.54) is 29.9 Å². The van der Waals surface area contributed by atoms with Crippen LogP contribution in [-0.2, 0) is 6.42 Å². The Morgan fingerprint density at radius 1 is 1.06 bits per heavy atom. The van der Waals surface area contributed by atoms with Crippen molar-refractivity contribution in [3.05, 3.63) is 65.0 Å². The molecule has 0 saturated carbocycles. The number of nitrogens with one attached hydrogen (secondary N) is 1. The Balaban J connectivity index is 1.65. The number of amides is 1. The second-order valence-corrected chi connectivity index (χ2v) is 8.14. The molecule has 0 unspecified atom stereocenters. The molecule has 1 N–H and O–H groups in total. The van der Waals surface area contributed by atoms with Crippen LogP contribution in [-0.4, -0.2) is 28.9 Å². The van der Waals surface area contributed by atoms with E-state index in [9.17, 15) is 4.79 Å². The molecule has 0 bridgehead atoms. The summed E-state index contributed by atoms with van der Waals surface area (Å²) in [6.45, 7) is 4.89. The zero-order valence-corrected chi connectivity index (χ0v) is 19.1. The lowest BCUT2D eigenvalue weighted by Gasteiger charge is -2.10. The molecule has 0 aliphatic carbocycles. The predicted molar refractivity (Wildman–Crippen MR) is 123 cm³/mol. The van der Waals surface area contributed by atoms with Gasteiger partial charge in [0.1, 0.15) is 0 Å². The number of carbonyl (C=O) groups is 1. The molecular formula is C24H29N3O3S. The summed E-state index contributed by atoms with van der Waals surface area (Å²) in [7, 11) is 1.57. The molecule has 0 saturated heterocycles. The highest BCUT2D eigenvalue weighted by Gasteiger charge is 2.14. The maximum absolute atomic E-state index is 12.5. The Hall–Kier alpha value is -2.93. The van der Waals surface area contributed by atoms with Gasteiger partial charge in [-0.05, 0) is 37.1 Å². The number of carbonyl (C=O) groups excluding carboxylic acids is 1. The molecule has 0 aliphatic rings. The molecule has 1 heterocycles. The summed E-state index contributed by atoms with van der Waals surface area (Å²) in [4.78, 5) is 17.0. The average molecular weight is 440 g/mol. The molecule has 0 fully saturated rings. The number of aryl methyl sites for hydroxylation is 1. The Morgan fingerprint density at radius 2 is 1.87 bits per heavy atom. The average Bonchev–Trinajstić information content (AvgIpc) is 3.21. The van der Waals surface area contributed by atoms with Crippen molar-refractivity contribution in [3.8, 4) is 16.7 Å². The van der Waals surface area contributed by atoms with Crippen molar-refractivity contribution in [1.82, 2.24) is 14.7 Å².